The number of rotatable bonds is 2. The smallest absolute Gasteiger partial charge is 0.416 e. The minimum atomic E-state index is -5.13. The van der Waals surface area contributed by atoms with E-state index in [2.05, 4.69) is 24.3 Å². The first-order valence-corrected chi connectivity index (χ1v) is 23.2. The number of fused-ring (bicyclic) bond motifs is 12. The molecular weight excluding hydrogens is 1040 g/mol. The molecule has 2 heterocycles. The summed E-state index contributed by atoms with van der Waals surface area (Å²) < 4.78 is 175. The van der Waals surface area contributed by atoms with Gasteiger partial charge in [-0.1, -0.05) is 97.1 Å². The predicted octanol–water partition coefficient (Wildman–Crippen LogP) is 15.6. The van der Waals surface area contributed by atoms with Crippen LogP contribution < -0.4 is 17.0 Å². The zero-order chi connectivity index (χ0) is 51.0. The van der Waals surface area contributed by atoms with Gasteiger partial charge in [0.1, 0.15) is 26.2 Å². The van der Waals surface area contributed by atoms with Crippen LogP contribution in [0.25, 0.3) is 87.6 Å². The van der Waals surface area contributed by atoms with Gasteiger partial charge < -0.3 is 21.5 Å². The van der Waals surface area contributed by atoms with E-state index in [1.807, 2.05) is 48.5 Å². The summed E-state index contributed by atoms with van der Waals surface area (Å²) in [6.45, 7) is 0.934. The molecule has 0 N–H and O–H groups in total. The topological polar surface area (TPSA) is 0 Å². The lowest BCUT2D eigenvalue weighted by atomic mass is 9.83. The molecule has 12 rings (SSSR count). The van der Waals surface area contributed by atoms with Gasteiger partial charge in [-0.05, 0) is 160 Å². The lowest BCUT2D eigenvalue weighted by Crippen LogP contribution is -3.00. The molecule has 2 aliphatic heterocycles. The number of quaternary nitrogens is 1. The van der Waals surface area contributed by atoms with E-state index < -0.39 is 47.0 Å². The second-order valence-corrected chi connectivity index (χ2v) is 19.3. The van der Waals surface area contributed by atoms with Crippen molar-refractivity contribution < 1.29 is 74.1 Å². The Morgan fingerprint density at radius 3 is 0.892 bits per heavy atom. The molecule has 0 amide bonds. The Labute approximate surface area is 425 Å². The highest BCUT2D eigenvalue weighted by Crippen LogP contribution is 2.52. The van der Waals surface area contributed by atoms with Crippen molar-refractivity contribution in [2.75, 3.05) is 0 Å². The van der Waals surface area contributed by atoms with Crippen LogP contribution in [0.4, 0.5) is 52.7 Å². The van der Waals surface area contributed by atoms with E-state index in [4.69, 9.17) is 0 Å². The van der Waals surface area contributed by atoms with Crippen LogP contribution in [0, 0.1) is 0 Å². The SMILES string of the molecule is FC(F)(F)c1cc(-c2cc3c(c4ccccc24)-c2c(cc(-c4cc(C(F)(F)F)cc(C(F)(F)F)c4)c4ccccc24)C[N+]2(Cc4cc5ccccc5cc4-c4cc5ccccc5cc4C2)C3)cc(C(F)(F)F)c1.[Br-]. The normalized spacial score (nSPS) is 14.5. The molecule has 0 aliphatic carbocycles. The van der Waals surface area contributed by atoms with Crippen LogP contribution in [0.15, 0.2) is 170 Å². The zero-order valence-electron chi connectivity index (χ0n) is 38.4. The first-order chi connectivity index (χ1) is 34.6. The summed E-state index contributed by atoms with van der Waals surface area (Å²) in [6, 6.07) is 44.1. The molecule has 10 aromatic carbocycles. The van der Waals surface area contributed by atoms with Gasteiger partial charge in [-0.3, -0.25) is 0 Å². The van der Waals surface area contributed by atoms with Crippen molar-refractivity contribution in [1.29, 1.82) is 0 Å². The standard InChI is InChI=1S/C60H36F12N.BrH/c61-57(62,63)43-19-37(20-44(27-43)58(64,65)66)51-25-41-31-73(29-39-17-33-9-1-3-11-35(33)23-53(39)54-24-36-12-4-2-10-34(36)18-40(54)30-73)32-42-26-52(38-21-45(59(67,68)69)28-46(22-38)60(70,71)72)48-14-6-8-16-50(48)56(42)55(41)49-15-7-5-13-47(49)51;/h1-28H,29-32H2;1H/q+1;/p-1. The van der Waals surface area contributed by atoms with Gasteiger partial charge in [0.2, 0.25) is 0 Å². The summed E-state index contributed by atoms with van der Waals surface area (Å²) in [4.78, 5) is 0. The fourth-order valence-corrected chi connectivity index (χ4v) is 11.5. The summed E-state index contributed by atoms with van der Waals surface area (Å²) in [7, 11) is 0. The fourth-order valence-electron chi connectivity index (χ4n) is 11.5. The number of hydrogen-bond donors (Lipinski definition) is 0. The Balaban J connectivity index is 0.00000588. The molecule has 0 fully saturated rings. The Bertz CT molecular complexity index is 3620. The third-order valence-electron chi connectivity index (χ3n) is 14.6. The van der Waals surface area contributed by atoms with Gasteiger partial charge in [-0.2, -0.15) is 52.7 Å². The maximum absolute atomic E-state index is 14.6. The van der Waals surface area contributed by atoms with E-state index in [9.17, 15) is 52.7 Å². The second kappa shape index (κ2) is 17.2. The quantitative estimate of drug-likeness (QED) is 0.120. The molecule has 0 saturated heterocycles. The molecule has 0 bridgehead atoms. The van der Waals surface area contributed by atoms with Gasteiger partial charge in [-0.25, -0.2) is 0 Å². The monoisotopic (exact) mass is 1080 g/mol. The van der Waals surface area contributed by atoms with Gasteiger partial charge >= 0.3 is 24.7 Å². The van der Waals surface area contributed by atoms with E-state index in [-0.39, 0.29) is 68.9 Å². The van der Waals surface area contributed by atoms with E-state index >= 15 is 0 Å². The largest absolute Gasteiger partial charge is 1.00 e. The minimum Gasteiger partial charge on any atom is -1.00 e. The van der Waals surface area contributed by atoms with Crippen molar-refractivity contribution in [3.8, 4) is 44.5 Å². The van der Waals surface area contributed by atoms with Crippen molar-refractivity contribution in [3.05, 3.63) is 214 Å². The van der Waals surface area contributed by atoms with Crippen LogP contribution in [-0.4, -0.2) is 4.48 Å². The average molecular weight is 1080 g/mol. The number of alkyl halides is 12. The molecule has 0 aromatic heterocycles. The molecule has 0 atom stereocenters. The Kier molecular flexibility index (Phi) is 11.4. The van der Waals surface area contributed by atoms with Gasteiger partial charge in [-0.15, -0.1) is 0 Å². The van der Waals surface area contributed by atoms with E-state index in [0.717, 1.165) is 68.1 Å². The highest BCUT2D eigenvalue weighted by atomic mass is 79.9. The van der Waals surface area contributed by atoms with E-state index in [1.54, 1.807) is 60.7 Å². The Hall–Kier alpha value is -7.16. The maximum atomic E-state index is 14.6. The number of nitrogens with zero attached hydrogens (tertiary/aromatic N) is 1. The molecule has 0 unspecified atom stereocenters. The van der Waals surface area contributed by atoms with Gasteiger partial charge in [0.25, 0.3) is 0 Å². The molecule has 1 nitrogen and oxygen atoms in total. The van der Waals surface area contributed by atoms with Crippen LogP contribution >= 0.6 is 0 Å². The van der Waals surface area contributed by atoms with Crippen molar-refractivity contribution in [2.45, 2.75) is 50.9 Å². The van der Waals surface area contributed by atoms with Crippen molar-refractivity contribution in [2.24, 2.45) is 0 Å². The van der Waals surface area contributed by atoms with Gasteiger partial charge in [0.05, 0.1) is 22.3 Å². The highest BCUT2D eigenvalue weighted by molar-refractivity contribution is 6.14. The third kappa shape index (κ3) is 8.45. The highest BCUT2D eigenvalue weighted by Gasteiger charge is 2.42. The van der Waals surface area contributed by atoms with Crippen LogP contribution in [-0.2, 0) is 50.9 Å². The van der Waals surface area contributed by atoms with Crippen LogP contribution in [0.2, 0.25) is 0 Å². The summed E-state index contributed by atoms with van der Waals surface area (Å²) in [5.74, 6) is 0. The summed E-state index contributed by atoms with van der Waals surface area (Å²) in [6.07, 6.45) is -20.5. The molecule has 10 aromatic rings. The van der Waals surface area contributed by atoms with Crippen LogP contribution in [0.1, 0.15) is 44.5 Å². The van der Waals surface area contributed by atoms with Crippen LogP contribution in [0.5, 0.6) is 0 Å². The van der Waals surface area contributed by atoms with Gasteiger partial charge in [0.15, 0.2) is 0 Å². The fraction of sp³-hybridized carbons (Fsp3) is 0.133. The van der Waals surface area contributed by atoms with Crippen molar-refractivity contribution >= 4 is 43.1 Å². The Morgan fingerprint density at radius 2 is 0.568 bits per heavy atom. The first-order valence-electron chi connectivity index (χ1n) is 23.2. The molecule has 372 valence electrons. The molecule has 0 radical (unpaired) electrons. The van der Waals surface area contributed by atoms with Crippen molar-refractivity contribution in [3.63, 3.8) is 0 Å². The lowest BCUT2D eigenvalue weighted by Gasteiger charge is -2.38. The lowest BCUT2D eigenvalue weighted by molar-refractivity contribution is -0.977. The van der Waals surface area contributed by atoms with E-state index in [1.165, 1.54) is 0 Å². The molecule has 1 spiro atoms. The van der Waals surface area contributed by atoms with E-state index in [0.29, 0.717) is 56.9 Å². The van der Waals surface area contributed by atoms with Crippen molar-refractivity contribution in [1.82, 2.24) is 0 Å². The summed E-state index contributed by atoms with van der Waals surface area (Å²) >= 11 is 0. The average Bonchev–Trinajstić information content (AvgIpc) is 3.56. The maximum Gasteiger partial charge on any atom is 0.416 e. The first kappa shape index (κ1) is 49.1. The summed E-state index contributed by atoms with van der Waals surface area (Å²) in [5, 5.41) is 5.46. The molecule has 14 heteroatoms. The predicted molar refractivity (Wildman–Crippen MR) is 260 cm³/mol. The zero-order valence-corrected chi connectivity index (χ0v) is 39.9. The second-order valence-electron chi connectivity index (χ2n) is 19.3. The minimum absolute atomic E-state index is 0. The van der Waals surface area contributed by atoms with Crippen LogP contribution in [0.3, 0.4) is 0 Å². The summed E-state index contributed by atoms with van der Waals surface area (Å²) in [5.41, 5.74) is -0.224. The molecule has 2 aliphatic rings. The Morgan fingerprint density at radius 1 is 0.284 bits per heavy atom. The number of hydrogen-bond acceptors (Lipinski definition) is 0. The molecule has 74 heavy (non-hydrogen) atoms. The molecular formula is C60H36BrF12N. The number of halogens is 13. The number of benzene rings is 10. The van der Waals surface area contributed by atoms with Gasteiger partial charge in [0, 0.05) is 22.3 Å². The third-order valence-corrected chi connectivity index (χ3v) is 14.6. The molecule has 0 saturated carbocycles.